The molecule has 0 spiro atoms. The van der Waals surface area contributed by atoms with Gasteiger partial charge >= 0.3 is 0 Å². The minimum atomic E-state index is -0.689. The van der Waals surface area contributed by atoms with E-state index in [0.717, 1.165) is 41.6 Å². The fourth-order valence-corrected chi connectivity index (χ4v) is 5.15. The standard InChI is InChI=1S/C23H22Cl2N2O2S/c24-17-6-3-15(4-7-17)11-19(14-27-9-1-2-10-27)26-23(29)22(28)21-12-16-5-8-18(25)13-20(16)30-21/h3-8,12-13,19H,1-2,9-11,14H2,(H,26,29)/p-1. The number of likely N-dealkylation sites (tertiary alicyclic amines) is 1. The molecule has 0 bridgehead atoms. The Morgan fingerprint density at radius 2 is 1.77 bits per heavy atom. The molecule has 1 aliphatic rings. The van der Waals surface area contributed by atoms with Crippen LogP contribution in [0.3, 0.4) is 0 Å². The van der Waals surface area contributed by atoms with Crippen molar-refractivity contribution in [3.05, 3.63) is 69.0 Å². The number of thiophene rings is 1. The predicted octanol–water partition coefficient (Wildman–Crippen LogP) is 4.86. The summed E-state index contributed by atoms with van der Waals surface area (Å²) in [6.45, 7) is 2.68. The Morgan fingerprint density at radius 3 is 2.50 bits per heavy atom. The molecule has 2 heterocycles. The minimum absolute atomic E-state index is 0.274. The Labute approximate surface area is 189 Å². The van der Waals surface area contributed by atoms with Crippen molar-refractivity contribution in [2.75, 3.05) is 19.6 Å². The van der Waals surface area contributed by atoms with E-state index >= 15 is 0 Å². The molecule has 0 saturated carbocycles. The maximum absolute atomic E-state index is 12.8. The van der Waals surface area contributed by atoms with Crippen molar-refractivity contribution in [1.82, 2.24) is 4.90 Å². The van der Waals surface area contributed by atoms with Crippen molar-refractivity contribution in [3.63, 3.8) is 0 Å². The lowest BCUT2D eigenvalue weighted by Crippen LogP contribution is -2.35. The van der Waals surface area contributed by atoms with Crippen molar-refractivity contribution in [2.45, 2.75) is 25.3 Å². The molecule has 1 aliphatic heterocycles. The maximum atomic E-state index is 12.8. The summed E-state index contributed by atoms with van der Waals surface area (Å²) in [4.78, 5) is 19.8. The van der Waals surface area contributed by atoms with Gasteiger partial charge in [0.2, 0.25) is 5.78 Å². The van der Waals surface area contributed by atoms with E-state index in [-0.39, 0.29) is 6.04 Å². The van der Waals surface area contributed by atoms with Crippen LogP contribution in [0, 0.1) is 0 Å². The van der Waals surface area contributed by atoms with Gasteiger partial charge in [-0.05, 0) is 73.6 Å². The zero-order valence-electron chi connectivity index (χ0n) is 16.3. The number of Topliss-reactive ketones (excluding diaryl/α,β-unsaturated/α-hetero) is 1. The first-order chi connectivity index (χ1) is 14.5. The largest absolute Gasteiger partial charge is 0.856 e. The Balaban J connectivity index is 1.56. The lowest BCUT2D eigenvalue weighted by atomic mass is 10.1. The summed E-state index contributed by atoms with van der Waals surface area (Å²) in [5.74, 6) is -1.25. The number of carbonyl (C=O) groups is 1. The predicted molar refractivity (Wildman–Crippen MR) is 123 cm³/mol. The van der Waals surface area contributed by atoms with Crippen LogP contribution < -0.4 is 5.11 Å². The Kier molecular flexibility index (Phi) is 6.74. The van der Waals surface area contributed by atoms with Crippen LogP contribution in [0.5, 0.6) is 0 Å². The quantitative estimate of drug-likeness (QED) is 0.288. The van der Waals surface area contributed by atoms with E-state index in [1.165, 1.54) is 11.3 Å². The lowest BCUT2D eigenvalue weighted by molar-refractivity contribution is -0.212. The first-order valence-electron chi connectivity index (χ1n) is 9.93. The molecule has 0 amide bonds. The van der Waals surface area contributed by atoms with Gasteiger partial charge in [-0.15, -0.1) is 11.3 Å². The number of rotatable bonds is 7. The fraction of sp³-hybridized carbons (Fsp3) is 0.304. The van der Waals surface area contributed by atoms with Crippen molar-refractivity contribution in [1.29, 1.82) is 0 Å². The normalized spacial score (nSPS) is 16.3. The third-order valence-corrected chi connectivity index (χ3v) is 6.84. The Hall–Kier alpha value is -1.92. The number of hydrogen-bond acceptors (Lipinski definition) is 5. The molecule has 1 fully saturated rings. The van der Waals surface area contributed by atoms with Gasteiger partial charge in [0.1, 0.15) is 0 Å². The van der Waals surface area contributed by atoms with Gasteiger partial charge < -0.3 is 10.0 Å². The van der Waals surface area contributed by atoms with Gasteiger partial charge in [-0.1, -0.05) is 41.4 Å². The van der Waals surface area contributed by atoms with Crippen LogP contribution in [0.1, 0.15) is 28.1 Å². The first kappa shape index (κ1) is 21.3. The van der Waals surface area contributed by atoms with Crippen LogP contribution in [0.2, 0.25) is 10.0 Å². The number of aliphatic imine (C=N–C) groups is 1. The SMILES string of the molecule is O=C(C([O-])=NC(Cc1ccc(Cl)cc1)CN1CCCC1)c1cc2ccc(Cl)cc2s1. The zero-order valence-corrected chi connectivity index (χ0v) is 18.6. The Bertz CT molecular complexity index is 1070. The van der Waals surface area contributed by atoms with Gasteiger partial charge in [0.05, 0.1) is 10.9 Å². The second kappa shape index (κ2) is 9.48. The number of fused-ring (bicyclic) bond motifs is 1. The van der Waals surface area contributed by atoms with E-state index < -0.39 is 11.7 Å². The second-order valence-corrected chi connectivity index (χ2v) is 9.50. The lowest BCUT2D eigenvalue weighted by Gasteiger charge is -2.23. The number of carbonyl (C=O) groups excluding carboxylic acids is 1. The molecule has 156 valence electrons. The molecular formula is C23H21Cl2N2O2S-. The molecule has 0 aliphatic carbocycles. The highest BCUT2D eigenvalue weighted by atomic mass is 35.5. The van der Waals surface area contributed by atoms with Gasteiger partial charge in [0, 0.05) is 27.2 Å². The van der Waals surface area contributed by atoms with Crippen molar-refractivity contribution >= 4 is 56.3 Å². The molecule has 3 aromatic rings. The molecule has 1 atom stereocenters. The summed E-state index contributed by atoms with van der Waals surface area (Å²) in [6, 6.07) is 14.4. The molecule has 4 rings (SSSR count). The van der Waals surface area contributed by atoms with E-state index in [4.69, 9.17) is 23.2 Å². The number of ketones is 1. The van der Waals surface area contributed by atoms with E-state index in [9.17, 15) is 9.90 Å². The van der Waals surface area contributed by atoms with Crippen molar-refractivity contribution < 1.29 is 9.90 Å². The van der Waals surface area contributed by atoms with Crippen LogP contribution in [-0.2, 0) is 6.42 Å². The molecule has 1 saturated heterocycles. The first-order valence-corrected chi connectivity index (χ1v) is 11.5. The maximum Gasteiger partial charge on any atom is 0.206 e. The zero-order chi connectivity index (χ0) is 21.1. The van der Waals surface area contributed by atoms with Crippen LogP contribution >= 0.6 is 34.5 Å². The third kappa shape index (κ3) is 5.22. The number of halogens is 2. The van der Waals surface area contributed by atoms with E-state index in [0.29, 0.717) is 27.9 Å². The number of hydrogen-bond donors (Lipinski definition) is 0. The summed E-state index contributed by atoms with van der Waals surface area (Å²) >= 11 is 13.3. The molecule has 0 N–H and O–H groups in total. The summed E-state index contributed by atoms with van der Waals surface area (Å²) in [5.41, 5.74) is 1.05. The highest BCUT2D eigenvalue weighted by Gasteiger charge is 2.19. The summed E-state index contributed by atoms with van der Waals surface area (Å²) in [6.07, 6.45) is 2.91. The van der Waals surface area contributed by atoms with E-state index in [1.807, 2.05) is 30.3 Å². The van der Waals surface area contributed by atoms with Gasteiger partial charge in [-0.3, -0.25) is 9.79 Å². The third-order valence-electron chi connectivity index (χ3n) is 5.25. The average molecular weight is 460 g/mol. The summed E-state index contributed by atoms with van der Waals surface area (Å²) in [7, 11) is 0. The fourth-order valence-electron chi connectivity index (χ4n) is 3.75. The van der Waals surface area contributed by atoms with Crippen molar-refractivity contribution in [3.8, 4) is 0 Å². The van der Waals surface area contributed by atoms with Crippen molar-refractivity contribution in [2.24, 2.45) is 4.99 Å². The van der Waals surface area contributed by atoms with Crippen LogP contribution in [0.25, 0.3) is 10.1 Å². The number of nitrogens with zero attached hydrogens (tertiary/aromatic N) is 2. The van der Waals surface area contributed by atoms with E-state index in [1.54, 1.807) is 18.2 Å². The molecule has 0 radical (unpaired) electrons. The molecule has 4 nitrogen and oxygen atoms in total. The molecule has 7 heteroatoms. The van der Waals surface area contributed by atoms with Crippen LogP contribution in [0.4, 0.5) is 0 Å². The van der Waals surface area contributed by atoms with E-state index in [2.05, 4.69) is 9.89 Å². The van der Waals surface area contributed by atoms with Crippen LogP contribution in [-0.4, -0.2) is 42.3 Å². The summed E-state index contributed by atoms with van der Waals surface area (Å²) in [5, 5.41) is 14.9. The van der Waals surface area contributed by atoms with Gasteiger partial charge in [-0.2, -0.15) is 0 Å². The van der Waals surface area contributed by atoms with Gasteiger partial charge in [0.15, 0.2) is 0 Å². The second-order valence-electron chi connectivity index (χ2n) is 7.55. The van der Waals surface area contributed by atoms with Crippen LogP contribution in [0.15, 0.2) is 53.5 Å². The molecule has 1 aromatic heterocycles. The Morgan fingerprint density at radius 1 is 1.07 bits per heavy atom. The van der Waals surface area contributed by atoms with Gasteiger partial charge in [-0.25, -0.2) is 0 Å². The smallest absolute Gasteiger partial charge is 0.206 e. The molecule has 1 unspecified atom stereocenters. The minimum Gasteiger partial charge on any atom is -0.856 e. The number of benzene rings is 2. The average Bonchev–Trinajstić information content (AvgIpc) is 3.38. The highest BCUT2D eigenvalue weighted by Crippen LogP contribution is 2.28. The topological polar surface area (TPSA) is 55.7 Å². The molecule has 2 aromatic carbocycles. The van der Waals surface area contributed by atoms with Gasteiger partial charge in [0.25, 0.3) is 0 Å². The molecular weight excluding hydrogens is 439 g/mol. The summed E-state index contributed by atoms with van der Waals surface area (Å²) < 4.78 is 0.883. The monoisotopic (exact) mass is 459 g/mol. The molecule has 30 heavy (non-hydrogen) atoms. The highest BCUT2D eigenvalue weighted by molar-refractivity contribution is 7.21.